The molecule has 0 amide bonds. The summed E-state index contributed by atoms with van der Waals surface area (Å²) in [5.41, 5.74) is 3.55. The Morgan fingerprint density at radius 1 is 1.35 bits per heavy atom. The van der Waals surface area contributed by atoms with E-state index in [1.165, 1.54) is 0 Å². The Labute approximate surface area is 113 Å². The van der Waals surface area contributed by atoms with Crippen molar-refractivity contribution in [2.75, 3.05) is 5.43 Å². The maximum Gasteiger partial charge on any atom is 0.414 e. The molecule has 20 heavy (non-hydrogen) atoms. The lowest BCUT2D eigenvalue weighted by molar-refractivity contribution is -0.217. The first-order valence-electron chi connectivity index (χ1n) is 5.95. The maximum atomic E-state index is 12.4. The minimum atomic E-state index is -4.39. The fourth-order valence-corrected chi connectivity index (χ4v) is 1.70. The quantitative estimate of drug-likeness (QED) is 0.669. The zero-order valence-corrected chi connectivity index (χ0v) is 10.7. The van der Waals surface area contributed by atoms with Crippen LogP contribution in [0.4, 0.5) is 19.0 Å². The number of hydrogen-bond donors (Lipinski definition) is 2. The summed E-state index contributed by atoms with van der Waals surface area (Å²) in [5, 5.41) is 0.810. The summed E-state index contributed by atoms with van der Waals surface area (Å²) in [6, 6.07) is 8.96. The molecule has 0 saturated heterocycles. The SMILES string of the molecule is CC(OCc1cc2ccccc2nc1NN)C(F)(F)F. The molecule has 2 aromatic rings. The molecule has 0 fully saturated rings. The van der Waals surface area contributed by atoms with Gasteiger partial charge in [-0.2, -0.15) is 13.2 Å². The Morgan fingerprint density at radius 3 is 2.70 bits per heavy atom. The zero-order valence-electron chi connectivity index (χ0n) is 10.7. The third-order valence-corrected chi connectivity index (χ3v) is 2.89. The van der Waals surface area contributed by atoms with Crippen LogP contribution < -0.4 is 11.3 Å². The second kappa shape index (κ2) is 5.64. The molecule has 4 nitrogen and oxygen atoms in total. The van der Waals surface area contributed by atoms with Crippen LogP contribution >= 0.6 is 0 Å². The molecule has 0 spiro atoms. The Kier molecular flexibility index (Phi) is 4.10. The molecule has 0 aliphatic carbocycles. The van der Waals surface area contributed by atoms with Crippen molar-refractivity contribution in [2.45, 2.75) is 25.8 Å². The molecule has 0 aliphatic heterocycles. The lowest BCUT2D eigenvalue weighted by Crippen LogP contribution is -2.28. The predicted molar refractivity (Wildman–Crippen MR) is 69.9 cm³/mol. The number of alkyl halides is 3. The Hall–Kier alpha value is -1.86. The van der Waals surface area contributed by atoms with Crippen molar-refractivity contribution < 1.29 is 17.9 Å². The van der Waals surface area contributed by atoms with Gasteiger partial charge >= 0.3 is 6.18 Å². The number of halogens is 3. The van der Waals surface area contributed by atoms with Crippen LogP contribution in [-0.4, -0.2) is 17.3 Å². The van der Waals surface area contributed by atoms with E-state index in [0.29, 0.717) is 16.9 Å². The molecule has 0 radical (unpaired) electrons. The number of pyridine rings is 1. The van der Waals surface area contributed by atoms with Gasteiger partial charge in [-0.1, -0.05) is 18.2 Å². The average molecular weight is 285 g/mol. The molecule has 1 unspecified atom stereocenters. The van der Waals surface area contributed by atoms with E-state index < -0.39 is 12.3 Å². The number of rotatable bonds is 4. The first kappa shape index (κ1) is 14.5. The van der Waals surface area contributed by atoms with Gasteiger partial charge in [0.1, 0.15) is 5.82 Å². The van der Waals surface area contributed by atoms with Crippen LogP contribution in [0, 0.1) is 0 Å². The molecule has 1 aromatic carbocycles. The molecule has 3 N–H and O–H groups in total. The number of hydrogen-bond acceptors (Lipinski definition) is 4. The lowest BCUT2D eigenvalue weighted by Gasteiger charge is -2.17. The van der Waals surface area contributed by atoms with E-state index in [1.807, 2.05) is 18.2 Å². The Morgan fingerprint density at radius 2 is 2.05 bits per heavy atom. The summed E-state index contributed by atoms with van der Waals surface area (Å²) in [5.74, 6) is 5.65. The number of ether oxygens (including phenoxy) is 1. The van der Waals surface area contributed by atoms with Crippen molar-refractivity contribution in [2.24, 2.45) is 5.84 Å². The van der Waals surface area contributed by atoms with Gasteiger partial charge in [-0.05, 0) is 19.1 Å². The number of nitrogens with one attached hydrogen (secondary N) is 1. The van der Waals surface area contributed by atoms with Gasteiger partial charge in [-0.15, -0.1) is 0 Å². The summed E-state index contributed by atoms with van der Waals surface area (Å²) in [6.45, 7) is 0.738. The smallest absolute Gasteiger partial charge is 0.364 e. The highest BCUT2D eigenvalue weighted by molar-refractivity contribution is 5.81. The number of nitrogens with zero attached hydrogens (tertiary/aromatic N) is 1. The van der Waals surface area contributed by atoms with E-state index in [4.69, 9.17) is 10.6 Å². The fraction of sp³-hybridized carbons (Fsp3) is 0.308. The molecule has 7 heteroatoms. The summed E-state index contributed by atoms with van der Waals surface area (Å²) >= 11 is 0. The van der Waals surface area contributed by atoms with E-state index in [1.54, 1.807) is 12.1 Å². The highest BCUT2D eigenvalue weighted by atomic mass is 19.4. The molecule has 0 aliphatic rings. The highest BCUT2D eigenvalue weighted by Crippen LogP contribution is 2.25. The molecule has 1 heterocycles. The molecule has 2 rings (SSSR count). The third-order valence-electron chi connectivity index (χ3n) is 2.89. The minimum Gasteiger partial charge on any atom is -0.364 e. The second-order valence-electron chi connectivity index (χ2n) is 4.33. The topological polar surface area (TPSA) is 60.2 Å². The van der Waals surface area contributed by atoms with Gasteiger partial charge in [0.05, 0.1) is 12.1 Å². The van der Waals surface area contributed by atoms with E-state index in [9.17, 15) is 13.2 Å². The van der Waals surface area contributed by atoms with Crippen molar-refractivity contribution in [1.29, 1.82) is 0 Å². The van der Waals surface area contributed by atoms with Crippen molar-refractivity contribution >= 4 is 16.7 Å². The molecular formula is C13H14F3N3O. The zero-order chi connectivity index (χ0) is 14.8. The Balaban J connectivity index is 2.24. The summed E-state index contributed by atoms with van der Waals surface area (Å²) < 4.78 is 42.0. The summed E-state index contributed by atoms with van der Waals surface area (Å²) in [4.78, 5) is 4.24. The van der Waals surface area contributed by atoms with Gasteiger partial charge < -0.3 is 10.2 Å². The molecule has 0 saturated carbocycles. The number of fused-ring (bicyclic) bond motifs is 1. The van der Waals surface area contributed by atoms with Crippen LogP contribution in [0.1, 0.15) is 12.5 Å². The maximum absolute atomic E-state index is 12.4. The fourth-order valence-electron chi connectivity index (χ4n) is 1.70. The van der Waals surface area contributed by atoms with Gasteiger partial charge in [-0.25, -0.2) is 10.8 Å². The van der Waals surface area contributed by atoms with Gasteiger partial charge in [-0.3, -0.25) is 0 Å². The van der Waals surface area contributed by atoms with Crippen molar-refractivity contribution in [3.8, 4) is 0 Å². The van der Waals surface area contributed by atoms with Gasteiger partial charge in [0, 0.05) is 10.9 Å². The van der Waals surface area contributed by atoms with Crippen molar-refractivity contribution in [1.82, 2.24) is 4.98 Å². The van der Waals surface area contributed by atoms with Crippen LogP contribution in [0.2, 0.25) is 0 Å². The van der Waals surface area contributed by atoms with Crippen molar-refractivity contribution in [3.05, 3.63) is 35.9 Å². The van der Waals surface area contributed by atoms with E-state index >= 15 is 0 Å². The van der Waals surface area contributed by atoms with E-state index in [2.05, 4.69) is 10.4 Å². The van der Waals surface area contributed by atoms with Crippen LogP contribution in [0.25, 0.3) is 10.9 Å². The minimum absolute atomic E-state index is 0.224. The van der Waals surface area contributed by atoms with Crippen molar-refractivity contribution in [3.63, 3.8) is 0 Å². The van der Waals surface area contributed by atoms with Gasteiger partial charge in [0.25, 0.3) is 0 Å². The number of para-hydroxylation sites is 1. The molecular weight excluding hydrogens is 271 g/mol. The second-order valence-corrected chi connectivity index (χ2v) is 4.33. The van der Waals surface area contributed by atoms with Crippen LogP contribution in [0.15, 0.2) is 30.3 Å². The molecule has 0 bridgehead atoms. The number of hydrazine groups is 1. The number of nitrogen functional groups attached to an aromatic ring is 1. The van der Waals surface area contributed by atoms with Crippen LogP contribution in [0.5, 0.6) is 0 Å². The number of nitrogens with two attached hydrogens (primary N) is 1. The first-order valence-corrected chi connectivity index (χ1v) is 5.95. The Bertz CT molecular complexity index is 601. The highest BCUT2D eigenvalue weighted by Gasteiger charge is 2.36. The third kappa shape index (κ3) is 3.17. The first-order chi connectivity index (χ1) is 9.41. The number of benzene rings is 1. The van der Waals surface area contributed by atoms with E-state index in [-0.39, 0.29) is 6.61 Å². The molecule has 108 valence electrons. The normalized spacial score (nSPS) is 13.4. The summed E-state index contributed by atoms with van der Waals surface area (Å²) in [6.07, 6.45) is -6.24. The molecule has 1 aromatic heterocycles. The predicted octanol–water partition coefficient (Wildman–Crippen LogP) is 2.99. The monoisotopic (exact) mass is 285 g/mol. The lowest BCUT2D eigenvalue weighted by atomic mass is 10.1. The molecule has 1 atom stereocenters. The number of aromatic nitrogens is 1. The van der Waals surface area contributed by atoms with Crippen LogP contribution in [-0.2, 0) is 11.3 Å². The largest absolute Gasteiger partial charge is 0.414 e. The van der Waals surface area contributed by atoms with Crippen LogP contribution in [0.3, 0.4) is 0 Å². The number of anilines is 1. The van der Waals surface area contributed by atoms with Gasteiger partial charge in [0.15, 0.2) is 6.10 Å². The summed E-state index contributed by atoms with van der Waals surface area (Å²) in [7, 11) is 0. The van der Waals surface area contributed by atoms with E-state index in [0.717, 1.165) is 12.3 Å². The van der Waals surface area contributed by atoms with Gasteiger partial charge in [0.2, 0.25) is 0 Å². The average Bonchev–Trinajstić information content (AvgIpc) is 2.42. The standard InChI is InChI=1S/C13H14F3N3O/c1-8(13(14,15)16)20-7-10-6-9-4-2-3-5-11(9)18-12(10)19-17/h2-6,8H,7,17H2,1H3,(H,18,19).